The number of pyridine rings is 1. The molecular weight excluding hydrogens is 340 g/mol. The van der Waals surface area contributed by atoms with Crippen LogP contribution in [0.3, 0.4) is 0 Å². The van der Waals surface area contributed by atoms with Crippen molar-refractivity contribution in [2.45, 2.75) is 44.2 Å². The average molecular weight is 364 g/mol. The number of ether oxygens (including phenoxy) is 1. The Labute approximate surface area is 159 Å². The van der Waals surface area contributed by atoms with E-state index in [1.165, 1.54) is 11.8 Å². The van der Waals surface area contributed by atoms with Gasteiger partial charge in [-0.25, -0.2) is 9.78 Å². The van der Waals surface area contributed by atoms with Crippen LogP contribution in [-0.4, -0.2) is 29.7 Å². The number of carbonyl (C=O) groups excluding carboxylic acids is 1. The van der Waals surface area contributed by atoms with E-state index in [1.54, 1.807) is 12.1 Å². The van der Waals surface area contributed by atoms with Gasteiger partial charge in [0.25, 0.3) is 0 Å². The lowest BCUT2D eigenvalue weighted by atomic mass is 9.93. The highest BCUT2D eigenvalue weighted by Crippen LogP contribution is 2.23. The molecule has 27 heavy (non-hydrogen) atoms. The highest BCUT2D eigenvalue weighted by atomic mass is 16.5. The Morgan fingerprint density at radius 3 is 2.59 bits per heavy atom. The van der Waals surface area contributed by atoms with E-state index in [-0.39, 0.29) is 18.2 Å². The second-order valence-corrected chi connectivity index (χ2v) is 6.72. The van der Waals surface area contributed by atoms with Crippen LogP contribution in [0.5, 0.6) is 5.88 Å². The Hall–Kier alpha value is -3.07. The lowest BCUT2D eigenvalue weighted by Crippen LogP contribution is -2.45. The summed E-state index contributed by atoms with van der Waals surface area (Å²) in [6.45, 7) is 0.624. The Morgan fingerprint density at radius 1 is 1.15 bits per heavy atom. The van der Waals surface area contributed by atoms with Crippen molar-refractivity contribution in [2.24, 2.45) is 0 Å². The van der Waals surface area contributed by atoms with Crippen LogP contribution in [0.25, 0.3) is 0 Å². The molecule has 3 rings (SSSR count). The van der Waals surface area contributed by atoms with Gasteiger partial charge in [0.1, 0.15) is 12.2 Å². The molecule has 1 saturated carbocycles. The van der Waals surface area contributed by atoms with Crippen LogP contribution in [-0.2, 0) is 6.42 Å². The van der Waals surface area contributed by atoms with Crippen molar-refractivity contribution < 1.29 is 9.53 Å². The van der Waals surface area contributed by atoms with Crippen molar-refractivity contribution in [2.75, 3.05) is 6.54 Å². The summed E-state index contributed by atoms with van der Waals surface area (Å²) >= 11 is 0. The van der Waals surface area contributed by atoms with Crippen molar-refractivity contribution in [3.8, 4) is 11.9 Å². The Kier molecular flexibility index (Phi) is 6.64. The monoisotopic (exact) mass is 364 g/mol. The summed E-state index contributed by atoms with van der Waals surface area (Å²) < 4.78 is 5.87. The number of nitrogens with one attached hydrogen (secondary N) is 2. The van der Waals surface area contributed by atoms with Crippen LogP contribution < -0.4 is 15.4 Å². The number of carbonyl (C=O) groups is 1. The number of rotatable bonds is 6. The molecule has 140 valence electrons. The zero-order valence-corrected chi connectivity index (χ0v) is 15.2. The first-order valence-corrected chi connectivity index (χ1v) is 9.34. The third-order valence-electron chi connectivity index (χ3n) is 4.70. The molecule has 1 fully saturated rings. The second-order valence-electron chi connectivity index (χ2n) is 6.72. The first-order valence-electron chi connectivity index (χ1n) is 9.34. The minimum absolute atomic E-state index is 0.102. The molecule has 2 aromatic rings. The Morgan fingerprint density at radius 2 is 1.93 bits per heavy atom. The van der Waals surface area contributed by atoms with E-state index in [0.717, 1.165) is 32.1 Å². The summed E-state index contributed by atoms with van der Waals surface area (Å²) in [6, 6.07) is 15.7. The summed E-state index contributed by atoms with van der Waals surface area (Å²) in [4.78, 5) is 16.2. The number of hydrogen-bond acceptors (Lipinski definition) is 4. The maximum absolute atomic E-state index is 12.0. The van der Waals surface area contributed by atoms with Crippen LogP contribution in [0, 0.1) is 11.3 Å². The lowest BCUT2D eigenvalue weighted by Gasteiger charge is -2.29. The Bertz CT molecular complexity index is 763. The molecule has 0 bridgehead atoms. The number of nitrogens with zero attached hydrogens (tertiary/aromatic N) is 2. The molecule has 1 aromatic carbocycles. The molecule has 6 nitrogen and oxygen atoms in total. The summed E-state index contributed by atoms with van der Waals surface area (Å²) in [6.07, 6.45) is 5.95. The van der Waals surface area contributed by atoms with Gasteiger partial charge < -0.3 is 15.4 Å². The molecule has 0 spiro atoms. The van der Waals surface area contributed by atoms with Crippen molar-refractivity contribution in [1.82, 2.24) is 15.6 Å². The normalized spacial score (nSPS) is 18.9. The van der Waals surface area contributed by atoms with E-state index >= 15 is 0 Å². The molecule has 1 heterocycles. The minimum atomic E-state index is -0.107. The van der Waals surface area contributed by atoms with Crippen LogP contribution in [0.4, 0.5) is 4.79 Å². The predicted molar refractivity (Wildman–Crippen MR) is 102 cm³/mol. The van der Waals surface area contributed by atoms with Gasteiger partial charge in [0.15, 0.2) is 0 Å². The third-order valence-corrected chi connectivity index (χ3v) is 4.70. The predicted octanol–water partition coefficient (Wildman–Crippen LogP) is 3.19. The number of aromatic nitrogens is 1. The molecule has 1 aliphatic carbocycles. The zero-order chi connectivity index (χ0) is 18.9. The number of nitriles is 1. The molecule has 6 heteroatoms. The number of amides is 2. The van der Waals surface area contributed by atoms with Crippen LogP contribution in [0.2, 0.25) is 0 Å². The van der Waals surface area contributed by atoms with E-state index < -0.39 is 0 Å². The van der Waals surface area contributed by atoms with Gasteiger partial charge in [0, 0.05) is 24.8 Å². The second kappa shape index (κ2) is 9.58. The van der Waals surface area contributed by atoms with Gasteiger partial charge >= 0.3 is 6.03 Å². The standard InChI is InChI=1S/C21H24N4O2/c22-14-17-6-11-20(24-15-17)27-19-9-7-18(8-10-19)25-21(26)23-13-12-16-4-2-1-3-5-16/h1-6,11,15,18-19H,7-10,12-13H2,(H2,23,25,26). The molecule has 0 atom stereocenters. The van der Waals surface area contributed by atoms with Crippen molar-refractivity contribution in [3.63, 3.8) is 0 Å². The molecule has 1 aromatic heterocycles. The van der Waals surface area contributed by atoms with Gasteiger partial charge in [-0.3, -0.25) is 0 Å². The molecule has 2 amide bonds. The van der Waals surface area contributed by atoms with Gasteiger partial charge in [-0.15, -0.1) is 0 Å². The molecule has 0 saturated heterocycles. The fraction of sp³-hybridized carbons (Fsp3) is 0.381. The van der Waals surface area contributed by atoms with Crippen LogP contribution >= 0.6 is 0 Å². The summed E-state index contributed by atoms with van der Waals surface area (Å²) in [5.74, 6) is 0.545. The maximum Gasteiger partial charge on any atom is 0.315 e. The van der Waals surface area contributed by atoms with Crippen LogP contribution in [0.15, 0.2) is 48.7 Å². The van der Waals surface area contributed by atoms with Crippen molar-refractivity contribution >= 4 is 6.03 Å². The zero-order valence-electron chi connectivity index (χ0n) is 15.2. The van der Waals surface area contributed by atoms with E-state index in [4.69, 9.17) is 10.00 Å². The largest absolute Gasteiger partial charge is 0.474 e. The van der Waals surface area contributed by atoms with Crippen LogP contribution in [0.1, 0.15) is 36.8 Å². The Balaban J connectivity index is 1.33. The smallest absolute Gasteiger partial charge is 0.315 e. The lowest BCUT2D eigenvalue weighted by molar-refractivity contribution is 0.135. The topological polar surface area (TPSA) is 87.0 Å². The van der Waals surface area contributed by atoms with E-state index in [9.17, 15) is 4.79 Å². The summed E-state index contributed by atoms with van der Waals surface area (Å²) in [5.41, 5.74) is 1.74. The van der Waals surface area contributed by atoms with Gasteiger partial charge in [0.2, 0.25) is 5.88 Å². The molecule has 0 radical (unpaired) electrons. The van der Waals surface area contributed by atoms with Gasteiger partial charge in [-0.05, 0) is 43.7 Å². The highest BCUT2D eigenvalue weighted by molar-refractivity contribution is 5.74. The summed E-state index contributed by atoms with van der Waals surface area (Å²) in [5, 5.41) is 14.8. The van der Waals surface area contributed by atoms with Crippen molar-refractivity contribution in [1.29, 1.82) is 5.26 Å². The van der Waals surface area contributed by atoms with E-state index in [0.29, 0.717) is 18.0 Å². The molecule has 1 aliphatic rings. The fourth-order valence-corrected chi connectivity index (χ4v) is 3.21. The minimum Gasteiger partial charge on any atom is -0.474 e. The molecule has 0 aliphatic heterocycles. The average Bonchev–Trinajstić information content (AvgIpc) is 2.71. The van der Waals surface area contributed by atoms with Gasteiger partial charge in [-0.2, -0.15) is 5.26 Å². The quantitative estimate of drug-likeness (QED) is 0.824. The molecule has 0 unspecified atom stereocenters. The van der Waals surface area contributed by atoms with Gasteiger partial charge in [-0.1, -0.05) is 30.3 Å². The third kappa shape index (κ3) is 6.00. The van der Waals surface area contributed by atoms with E-state index in [2.05, 4.69) is 27.8 Å². The molecule has 2 N–H and O–H groups in total. The first kappa shape index (κ1) is 18.7. The van der Waals surface area contributed by atoms with E-state index in [1.807, 2.05) is 24.3 Å². The summed E-state index contributed by atoms with van der Waals surface area (Å²) in [7, 11) is 0. The van der Waals surface area contributed by atoms with Crippen molar-refractivity contribution in [3.05, 3.63) is 59.8 Å². The number of hydrogen-bond donors (Lipinski definition) is 2. The maximum atomic E-state index is 12.0. The van der Waals surface area contributed by atoms with Gasteiger partial charge in [0.05, 0.1) is 5.56 Å². The number of urea groups is 1. The fourth-order valence-electron chi connectivity index (χ4n) is 3.21. The first-order chi connectivity index (χ1) is 13.2. The highest BCUT2D eigenvalue weighted by Gasteiger charge is 2.23. The number of benzene rings is 1. The SMILES string of the molecule is N#Cc1ccc(OC2CCC(NC(=O)NCCc3ccccc3)CC2)nc1. The molecular formula is C21H24N4O2.